The maximum absolute atomic E-state index is 12.3. The van der Waals surface area contributed by atoms with Gasteiger partial charge in [0, 0.05) is 22.2 Å². The van der Waals surface area contributed by atoms with Crippen LogP contribution in [0.1, 0.15) is 23.2 Å². The van der Waals surface area contributed by atoms with Crippen molar-refractivity contribution in [3.05, 3.63) is 53.1 Å². The summed E-state index contributed by atoms with van der Waals surface area (Å²) in [6.07, 6.45) is 1.90. The second kappa shape index (κ2) is 6.93. The molecular formula is C18H17ClN2O3. The number of hydrogen-bond acceptors (Lipinski definition) is 3. The Balaban J connectivity index is 1.68. The molecule has 0 aromatic heterocycles. The molecule has 1 aliphatic rings. The van der Waals surface area contributed by atoms with E-state index in [-0.39, 0.29) is 17.7 Å². The molecule has 5 nitrogen and oxygen atoms in total. The number of amides is 2. The van der Waals surface area contributed by atoms with Gasteiger partial charge in [-0.05, 0) is 55.3 Å². The quantitative estimate of drug-likeness (QED) is 0.863. The molecule has 0 unspecified atom stereocenters. The molecule has 1 aliphatic carbocycles. The van der Waals surface area contributed by atoms with Gasteiger partial charge in [-0.25, -0.2) is 0 Å². The predicted octanol–water partition coefficient (Wildman–Crippen LogP) is 3.95. The van der Waals surface area contributed by atoms with Crippen LogP contribution in [-0.4, -0.2) is 18.9 Å². The Morgan fingerprint density at radius 2 is 1.79 bits per heavy atom. The average Bonchev–Trinajstić information content (AvgIpc) is 3.40. The van der Waals surface area contributed by atoms with Gasteiger partial charge in [0.05, 0.1) is 12.8 Å². The smallest absolute Gasteiger partial charge is 0.255 e. The van der Waals surface area contributed by atoms with Gasteiger partial charge in [-0.2, -0.15) is 0 Å². The van der Waals surface area contributed by atoms with E-state index in [0.717, 1.165) is 12.8 Å². The van der Waals surface area contributed by atoms with Crippen molar-refractivity contribution in [2.24, 2.45) is 5.92 Å². The van der Waals surface area contributed by atoms with E-state index in [1.807, 2.05) is 0 Å². The van der Waals surface area contributed by atoms with Crippen LogP contribution in [0.15, 0.2) is 42.5 Å². The molecule has 2 amide bonds. The molecule has 1 fully saturated rings. The molecule has 2 N–H and O–H groups in total. The minimum atomic E-state index is -0.282. The van der Waals surface area contributed by atoms with Crippen LogP contribution >= 0.6 is 11.6 Å². The van der Waals surface area contributed by atoms with Crippen LogP contribution in [0.4, 0.5) is 11.4 Å². The summed E-state index contributed by atoms with van der Waals surface area (Å²) in [4.78, 5) is 24.1. The molecule has 0 saturated heterocycles. The number of methoxy groups -OCH3 is 1. The highest BCUT2D eigenvalue weighted by molar-refractivity contribution is 6.31. The van der Waals surface area contributed by atoms with E-state index in [2.05, 4.69) is 10.6 Å². The van der Waals surface area contributed by atoms with Crippen molar-refractivity contribution < 1.29 is 14.3 Å². The molecule has 0 aliphatic heterocycles. The third-order valence-corrected chi connectivity index (χ3v) is 4.01. The van der Waals surface area contributed by atoms with Crippen molar-refractivity contribution in [2.75, 3.05) is 17.7 Å². The fourth-order valence-corrected chi connectivity index (χ4v) is 2.44. The number of halogens is 1. The number of nitrogens with one attached hydrogen (secondary N) is 2. The highest BCUT2D eigenvalue weighted by Gasteiger charge is 2.29. The Hall–Kier alpha value is -2.53. The molecule has 2 aromatic rings. The number of anilines is 2. The van der Waals surface area contributed by atoms with Crippen molar-refractivity contribution in [2.45, 2.75) is 12.8 Å². The number of rotatable bonds is 5. The Bertz CT molecular complexity index is 770. The van der Waals surface area contributed by atoms with Gasteiger partial charge in [0.15, 0.2) is 0 Å². The number of benzene rings is 2. The number of carbonyl (C=O) groups is 2. The molecule has 0 spiro atoms. The van der Waals surface area contributed by atoms with Gasteiger partial charge in [0.1, 0.15) is 5.75 Å². The molecule has 1 saturated carbocycles. The third-order valence-electron chi connectivity index (χ3n) is 3.77. The summed E-state index contributed by atoms with van der Waals surface area (Å²) in [5, 5.41) is 6.11. The van der Waals surface area contributed by atoms with Gasteiger partial charge in [0.25, 0.3) is 5.91 Å². The van der Waals surface area contributed by atoms with Crippen molar-refractivity contribution in [3.63, 3.8) is 0 Å². The largest absolute Gasteiger partial charge is 0.495 e. The van der Waals surface area contributed by atoms with Gasteiger partial charge in [-0.15, -0.1) is 0 Å². The molecular weight excluding hydrogens is 328 g/mol. The highest BCUT2D eigenvalue weighted by atomic mass is 35.5. The first kappa shape index (κ1) is 16.3. The normalized spacial score (nSPS) is 13.2. The molecule has 2 aromatic carbocycles. The molecule has 0 radical (unpaired) electrons. The summed E-state index contributed by atoms with van der Waals surface area (Å²) in [5.41, 5.74) is 1.66. The van der Waals surface area contributed by atoms with Gasteiger partial charge in [-0.3, -0.25) is 9.59 Å². The summed E-state index contributed by atoms with van der Waals surface area (Å²) < 4.78 is 5.21. The van der Waals surface area contributed by atoms with Gasteiger partial charge in [0.2, 0.25) is 5.91 Å². The van der Waals surface area contributed by atoms with Crippen LogP contribution in [0.25, 0.3) is 0 Å². The van der Waals surface area contributed by atoms with Crippen LogP contribution in [0.3, 0.4) is 0 Å². The zero-order valence-corrected chi connectivity index (χ0v) is 13.9. The van der Waals surface area contributed by atoms with Gasteiger partial charge < -0.3 is 15.4 Å². The maximum Gasteiger partial charge on any atom is 0.255 e. The van der Waals surface area contributed by atoms with E-state index >= 15 is 0 Å². The Kier molecular flexibility index (Phi) is 4.71. The number of carbonyl (C=O) groups excluding carboxylic acids is 2. The third kappa shape index (κ3) is 3.86. The second-order valence-electron chi connectivity index (χ2n) is 5.64. The first-order valence-corrected chi connectivity index (χ1v) is 8.00. The fourth-order valence-electron chi connectivity index (χ4n) is 2.27. The van der Waals surface area contributed by atoms with Crippen LogP contribution in [0, 0.1) is 5.92 Å². The van der Waals surface area contributed by atoms with Crippen molar-refractivity contribution in [1.29, 1.82) is 0 Å². The van der Waals surface area contributed by atoms with Crippen molar-refractivity contribution in [1.82, 2.24) is 0 Å². The summed E-state index contributed by atoms with van der Waals surface area (Å²) in [7, 11) is 1.52. The van der Waals surface area contributed by atoms with Crippen molar-refractivity contribution in [3.8, 4) is 5.75 Å². The topological polar surface area (TPSA) is 67.4 Å². The highest BCUT2D eigenvalue weighted by Crippen LogP contribution is 2.30. The fraction of sp³-hybridized carbons (Fsp3) is 0.222. The predicted molar refractivity (Wildman–Crippen MR) is 93.8 cm³/mol. The monoisotopic (exact) mass is 344 g/mol. The zero-order valence-electron chi connectivity index (χ0n) is 13.1. The first-order valence-electron chi connectivity index (χ1n) is 7.62. The van der Waals surface area contributed by atoms with Crippen molar-refractivity contribution >= 4 is 34.8 Å². The average molecular weight is 345 g/mol. The molecule has 0 bridgehead atoms. The maximum atomic E-state index is 12.3. The van der Waals surface area contributed by atoms with E-state index in [1.54, 1.807) is 42.5 Å². The molecule has 0 atom stereocenters. The summed E-state index contributed by atoms with van der Waals surface area (Å²) >= 11 is 5.96. The number of hydrogen-bond donors (Lipinski definition) is 2. The van der Waals surface area contributed by atoms with Crippen LogP contribution in [0.2, 0.25) is 5.02 Å². The standard InChI is InChI=1S/C18H17ClN2O3/c1-24-16-9-6-13(19)10-15(16)21-18(23)12-4-7-14(8-5-12)20-17(22)11-2-3-11/h4-11H,2-3H2,1H3,(H,20,22)(H,21,23). The first-order chi connectivity index (χ1) is 11.6. The Labute approximate surface area is 145 Å². The van der Waals surface area contributed by atoms with Crippen LogP contribution in [0.5, 0.6) is 5.75 Å². The lowest BCUT2D eigenvalue weighted by Gasteiger charge is -2.11. The second-order valence-corrected chi connectivity index (χ2v) is 6.08. The minimum Gasteiger partial charge on any atom is -0.495 e. The lowest BCUT2D eigenvalue weighted by molar-refractivity contribution is -0.117. The number of ether oxygens (including phenoxy) is 1. The van der Waals surface area contributed by atoms with Crippen LogP contribution < -0.4 is 15.4 Å². The van der Waals surface area contributed by atoms with E-state index in [0.29, 0.717) is 27.7 Å². The lowest BCUT2D eigenvalue weighted by Crippen LogP contribution is -2.14. The molecule has 3 rings (SSSR count). The summed E-state index contributed by atoms with van der Waals surface area (Å²) in [6.45, 7) is 0. The SMILES string of the molecule is COc1ccc(Cl)cc1NC(=O)c1ccc(NC(=O)C2CC2)cc1. The zero-order chi connectivity index (χ0) is 17.1. The van der Waals surface area contributed by atoms with Gasteiger partial charge >= 0.3 is 0 Å². The Morgan fingerprint density at radius 1 is 1.08 bits per heavy atom. The Morgan fingerprint density at radius 3 is 2.42 bits per heavy atom. The lowest BCUT2D eigenvalue weighted by atomic mass is 10.2. The minimum absolute atomic E-state index is 0.0378. The van der Waals surface area contributed by atoms with E-state index < -0.39 is 0 Å². The molecule has 24 heavy (non-hydrogen) atoms. The molecule has 124 valence electrons. The van der Waals surface area contributed by atoms with E-state index in [9.17, 15) is 9.59 Å². The summed E-state index contributed by atoms with van der Waals surface area (Å²) in [5.74, 6) is 0.427. The van der Waals surface area contributed by atoms with E-state index in [1.165, 1.54) is 7.11 Å². The summed E-state index contributed by atoms with van der Waals surface area (Å²) in [6, 6.07) is 11.8. The van der Waals surface area contributed by atoms with Gasteiger partial charge in [-0.1, -0.05) is 11.6 Å². The van der Waals surface area contributed by atoms with Crippen LogP contribution in [-0.2, 0) is 4.79 Å². The molecule has 0 heterocycles. The molecule has 6 heteroatoms. The van der Waals surface area contributed by atoms with E-state index in [4.69, 9.17) is 16.3 Å².